The van der Waals surface area contributed by atoms with Crippen LogP contribution < -0.4 is 10.6 Å². The number of benzene rings is 2. The molecule has 2 rings (SSSR count). The number of ether oxygens (including phenoxy) is 1. The molecule has 7 nitrogen and oxygen atoms in total. The van der Waals surface area contributed by atoms with Crippen molar-refractivity contribution in [1.82, 2.24) is 10.2 Å². The second-order valence-corrected chi connectivity index (χ2v) is 9.64. The van der Waals surface area contributed by atoms with E-state index in [-0.39, 0.29) is 6.54 Å². The van der Waals surface area contributed by atoms with Crippen molar-refractivity contribution in [3.8, 4) is 12.3 Å². The molecule has 0 spiro atoms. The van der Waals surface area contributed by atoms with E-state index < -0.39 is 35.6 Å². The molecule has 0 aliphatic carbocycles. The van der Waals surface area contributed by atoms with Crippen LogP contribution in [0.2, 0.25) is 5.02 Å². The fourth-order valence-corrected chi connectivity index (χ4v) is 3.74. The van der Waals surface area contributed by atoms with E-state index in [0.29, 0.717) is 21.8 Å². The van der Waals surface area contributed by atoms with Crippen LogP contribution in [0.5, 0.6) is 0 Å². The van der Waals surface area contributed by atoms with Crippen molar-refractivity contribution in [2.75, 3.05) is 11.9 Å². The summed E-state index contributed by atoms with van der Waals surface area (Å²) in [5, 5.41) is 5.77. The van der Waals surface area contributed by atoms with Crippen LogP contribution in [-0.2, 0) is 14.3 Å². The molecule has 0 aliphatic heterocycles. The first-order chi connectivity index (χ1) is 16.9. The summed E-state index contributed by atoms with van der Waals surface area (Å²) < 4.78 is 5.27. The van der Waals surface area contributed by atoms with Crippen LogP contribution in [0.3, 0.4) is 0 Å². The molecule has 0 saturated heterocycles. The average Bonchev–Trinajstić information content (AvgIpc) is 2.79. The van der Waals surface area contributed by atoms with E-state index >= 15 is 0 Å². The Bertz CT molecular complexity index is 1140. The third-order valence-corrected chi connectivity index (χ3v) is 5.45. The van der Waals surface area contributed by atoms with Gasteiger partial charge in [-0.15, -0.1) is 13.0 Å². The van der Waals surface area contributed by atoms with Gasteiger partial charge in [0.05, 0.1) is 10.7 Å². The van der Waals surface area contributed by atoms with Gasteiger partial charge in [0.2, 0.25) is 5.91 Å². The first kappa shape index (κ1) is 28.5. The molecule has 2 atom stereocenters. The molecule has 0 aromatic heterocycles. The highest BCUT2D eigenvalue weighted by molar-refractivity contribution is 6.34. The predicted molar refractivity (Wildman–Crippen MR) is 143 cm³/mol. The van der Waals surface area contributed by atoms with Gasteiger partial charge in [0.1, 0.15) is 17.7 Å². The summed E-state index contributed by atoms with van der Waals surface area (Å²) in [6.45, 7) is 12.3. The molecule has 190 valence electrons. The molecule has 8 heteroatoms. The van der Waals surface area contributed by atoms with Gasteiger partial charge in [-0.05, 0) is 63.9 Å². The predicted octanol–water partition coefficient (Wildman–Crippen LogP) is 5.24. The highest BCUT2D eigenvalue weighted by atomic mass is 35.5. The molecule has 0 bridgehead atoms. The number of hydrogen-bond acceptors (Lipinski definition) is 4. The molecule has 36 heavy (non-hydrogen) atoms. The second-order valence-electron chi connectivity index (χ2n) is 9.24. The fraction of sp³-hybridized carbons (Fsp3) is 0.321. The summed E-state index contributed by atoms with van der Waals surface area (Å²) in [7, 11) is 0. The number of amides is 3. The molecular weight excluding hydrogens is 478 g/mol. The number of alkyl carbamates (subject to hydrolysis) is 1. The molecule has 2 unspecified atom stereocenters. The summed E-state index contributed by atoms with van der Waals surface area (Å²) in [4.78, 5) is 40.8. The van der Waals surface area contributed by atoms with Crippen molar-refractivity contribution >= 4 is 35.2 Å². The Labute approximate surface area is 217 Å². The fourth-order valence-electron chi connectivity index (χ4n) is 3.47. The van der Waals surface area contributed by atoms with Crippen LogP contribution in [0.1, 0.15) is 50.4 Å². The first-order valence-corrected chi connectivity index (χ1v) is 11.8. The number of halogens is 1. The van der Waals surface area contributed by atoms with Crippen molar-refractivity contribution in [2.45, 2.75) is 52.3 Å². The molecule has 0 saturated carbocycles. The standard InChI is InChI=1S/C28H32ClN3O4/c1-8-17-32(26(34)19(4)30-27(35)36-28(5,6)7)24(21-15-13-20(9-2)14-16-21)25(33)31-23-18(3)11-10-12-22(23)29/h2,8,10-16,19,24H,1,17H2,3-7H3,(H,30,35)(H,31,33). The summed E-state index contributed by atoms with van der Waals surface area (Å²) in [6.07, 6.45) is 6.25. The Morgan fingerprint density at radius 1 is 1.19 bits per heavy atom. The molecule has 0 radical (unpaired) electrons. The smallest absolute Gasteiger partial charge is 0.408 e. The molecule has 0 fully saturated rings. The minimum atomic E-state index is -1.07. The van der Waals surface area contributed by atoms with E-state index in [1.807, 2.05) is 13.0 Å². The molecule has 0 aliphatic rings. The summed E-state index contributed by atoms with van der Waals surface area (Å²) in [6, 6.07) is 9.97. The quantitative estimate of drug-likeness (QED) is 0.376. The minimum absolute atomic E-state index is 0.0374. The van der Waals surface area contributed by atoms with Crippen LogP contribution in [0.15, 0.2) is 55.1 Å². The zero-order valence-corrected chi connectivity index (χ0v) is 22.0. The lowest BCUT2D eigenvalue weighted by Gasteiger charge is -2.33. The Morgan fingerprint density at radius 3 is 2.36 bits per heavy atom. The van der Waals surface area contributed by atoms with Crippen molar-refractivity contribution in [2.24, 2.45) is 0 Å². The van der Waals surface area contributed by atoms with Gasteiger partial charge in [-0.3, -0.25) is 9.59 Å². The number of aryl methyl sites for hydroxylation is 1. The number of carbonyl (C=O) groups excluding carboxylic acids is 3. The molecule has 2 aromatic carbocycles. The second kappa shape index (κ2) is 12.3. The number of nitrogens with zero attached hydrogens (tertiary/aromatic N) is 1. The normalized spacial score (nSPS) is 12.5. The Hall–Kier alpha value is -3.76. The topological polar surface area (TPSA) is 87.7 Å². The number of nitrogens with one attached hydrogen (secondary N) is 2. The number of hydrogen-bond donors (Lipinski definition) is 2. The van der Waals surface area contributed by atoms with Gasteiger partial charge >= 0.3 is 6.09 Å². The number of rotatable bonds is 8. The van der Waals surface area contributed by atoms with E-state index in [0.717, 1.165) is 5.56 Å². The van der Waals surface area contributed by atoms with Gasteiger partial charge in [-0.2, -0.15) is 0 Å². The SMILES string of the molecule is C#Cc1ccc(C(C(=O)Nc2c(C)cccc2Cl)N(CC=C)C(=O)C(C)NC(=O)OC(C)(C)C)cc1. The summed E-state index contributed by atoms with van der Waals surface area (Å²) in [5.41, 5.74) is 1.62. The molecule has 2 aromatic rings. The number of anilines is 1. The van der Waals surface area contributed by atoms with Crippen molar-refractivity contribution < 1.29 is 19.1 Å². The van der Waals surface area contributed by atoms with E-state index in [9.17, 15) is 14.4 Å². The number of terminal acetylenes is 1. The maximum absolute atomic E-state index is 13.7. The van der Waals surface area contributed by atoms with Crippen molar-refractivity contribution in [3.05, 3.63) is 76.8 Å². The highest BCUT2D eigenvalue weighted by Gasteiger charge is 2.34. The van der Waals surface area contributed by atoms with Crippen LogP contribution in [0, 0.1) is 19.3 Å². The van der Waals surface area contributed by atoms with Gasteiger partial charge < -0.3 is 20.3 Å². The zero-order valence-electron chi connectivity index (χ0n) is 21.2. The van der Waals surface area contributed by atoms with Gasteiger partial charge in [-0.1, -0.05) is 47.9 Å². The minimum Gasteiger partial charge on any atom is -0.444 e. The van der Waals surface area contributed by atoms with E-state index in [2.05, 4.69) is 23.1 Å². The zero-order chi connectivity index (χ0) is 27.0. The third-order valence-electron chi connectivity index (χ3n) is 5.14. The first-order valence-electron chi connectivity index (χ1n) is 11.4. The summed E-state index contributed by atoms with van der Waals surface area (Å²) in [5.74, 6) is 1.55. The lowest BCUT2D eigenvalue weighted by Crippen LogP contribution is -2.51. The maximum atomic E-state index is 13.7. The van der Waals surface area contributed by atoms with Gasteiger partial charge in [-0.25, -0.2) is 4.79 Å². The van der Waals surface area contributed by atoms with E-state index in [1.165, 1.54) is 17.9 Å². The molecular formula is C28H32ClN3O4. The van der Waals surface area contributed by atoms with Crippen LogP contribution in [0.4, 0.5) is 10.5 Å². The van der Waals surface area contributed by atoms with Crippen LogP contribution in [0.25, 0.3) is 0 Å². The maximum Gasteiger partial charge on any atom is 0.408 e. The third kappa shape index (κ3) is 7.62. The average molecular weight is 510 g/mol. The monoisotopic (exact) mass is 509 g/mol. The number of carbonyl (C=O) groups is 3. The largest absolute Gasteiger partial charge is 0.444 e. The van der Waals surface area contributed by atoms with Gasteiger partial charge in [0.25, 0.3) is 5.91 Å². The lowest BCUT2D eigenvalue weighted by molar-refractivity contribution is -0.139. The molecule has 2 N–H and O–H groups in total. The number of para-hydroxylation sites is 1. The molecule has 0 heterocycles. The van der Waals surface area contributed by atoms with Gasteiger partial charge in [0.15, 0.2) is 0 Å². The molecule has 3 amide bonds. The van der Waals surface area contributed by atoms with E-state index in [1.54, 1.807) is 57.2 Å². The Morgan fingerprint density at radius 2 is 1.83 bits per heavy atom. The van der Waals surface area contributed by atoms with Crippen LogP contribution in [-0.4, -0.2) is 41.0 Å². The van der Waals surface area contributed by atoms with Crippen LogP contribution >= 0.6 is 11.6 Å². The van der Waals surface area contributed by atoms with Gasteiger partial charge in [0, 0.05) is 12.1 Å². The Balaban J connectivity index is 2.46. The van der Waals surface area contributed by atoms with Crippen molar-refractivity contribution in [1.29, 1.82) is 0 Å². The lowest BCUT2D eigenvalue weighted by atomic mass is 10.0. The van der Waals surface area contributed by atoms with E-state index in [4.69, 9.17) is 22.8 Å². The Kier molecular flexibility index (Phi) is 9.71. The summed E-state index contributed by atoms with van der Waals surface area (Å²) >= 11 is 6.33. The highest BCUT2D eigenvalue weighted by Crippen LogP contribution is 2.29. The van der Waals surface area contributed by atoms with Crippen molar-refractivity contribution in [3.63, 3.8) is 0 Å².